The number of carbonyl (C=O) groups is 2. The van der Waals surface area contributed by atoms with Crippen molar-refractivity contribution in [1.29, 1.82) is 0 Å². The van der Waals surface area contributed by atoms with Crippen LogP contribution in [-0.4, -0.2) is 23.2 Å². The molecule has 0 heterocycles. The molecule has 1 atom stereocenters. The van der Waals surface area contributed by atoms with Gasteiger partial charge in [-0.2, -0.15) is 0 Å². The largest absolute Gasteiger partial charge is 0.480 e. The Kier molecular flexibility index (Phi) is 6.40. The van der Waals surface area contributed by atoms with Crippen molar-refractivity contribution in [2.75, 3.05) is 0 Å². The molecule has 0 fully saturated rings. The summed E-state index contributed by atoms with van der Waals surface area (Å²) in [4.78, 5) is 22.2. The monoisotopic (exact) mass is 239 g/mol. The highest BCUT2D eigenvalue weighted by molar-refractivity contribution is 5.80. The number of aliphatic carboxylic acids is 1. The number of nitrogens with one attached hydrogen (secondary N) is 1. The smallest absolute Gasteiger partial charge is 0.413 e. The van der Waals surface area contributed by atoms with Crippen LogP contribution in [0.1, 0.15) is 13.8 Å². The van der Waals surface area contributed by atoms with Gasteiger partial charge in [-0.15, -0.1) is 0 Å². The van der Waals surface area contributed by atoms with E-state index in [9.17, 15) is 9.59 Å². The van der Waals surface area contributed by atoms with Crippen molar-refractivity contribution in [2.45, 2.75) is 19.9 Å². The summed E-state index contributed by atoms with van der Waals surface area (Å²) in [6.07, 6.45) is 3.37. The number of alkyl carbamates (subject to hydrolysis) is 1. The lowest BCUT2D eigenvalue weighted by Gasteiger charge is -2.17. The van der Waals surface area contributed by atoms with Crippen LogP contribution in [0.15, 0.2) is 37.1 Å². The van der Waals surface area contributed by atoms with Crippen LogP contribution in [-0.2, 0) is 9.53 Å². The minimum atomic E-state index is -1.11. The van der Waals surface area contributed by atoms with Gasteiger partial charge in [-0.25, -0.2) is 9.59 Å². The van der Waals surface area contributed by atoms with Gasteiger partial charge < -0.3 is 15.2 Å². The van der Waals surface area contributed by atoms with Crippen LogP contribution < -0.4 is 5.32 Å². The van der Waals surface area contributed by atoms with Gasteiger partial charge in [-0.3, -0.25) is 0 Å². The van der Waals surface area contributed by atoms with E-state index in [1.54, 1.807) is 13.8 Å². The normalized spacial score (nSPS) is 12.8. The Morgan fingerprint density at radius 1 is 1.35 bits per heavy atom. The minimum Gasteiger partial charge on any atom is -0.480 e. The summed E-state index contributed by atoms with van der Waals surface area (Å²) < 4.78 is 4.83. The van der Waals surface area contributed by atoms with Crippen molar-refractivity contribution in [3.05, 3.63) is 37.1 Å². The third kappa shape index (κ3) is 5.55. The molecule has 0 saturated carbocycles. The van der Waals surface area contributed by atoms with Crippen LogP contribution >= 0.6 is 0 Å². The first-order valence-corrected chi connectivity index (χ1v) is 5.08. The van der Waals surface area contributed by atoms with Gasteiger partial charge in [0.1, 0.15) is 11.8 Å². The van der Waals surface area contributed by atoms with E-state index in [1.165, 1.54) is 18.2 Å². The molecule has 0 aliphatic rings. The second-order valence-electron chi connectivity index (χ2n) is 3.60. The van der Waals surface area contributed by atoms with Crippen molar-refractivity contribution in [3.63, 3.8) is 0 Å². The molecule has 94 valence electrons. The molecule has 1 unspecified atom stereocenters. The van der Waals surface area contributed by atoms with E-state index < -0.39 is 18.1 Å². The Hall–Kier alpha value is -2.04. The van der Waals surface area contributed by atoms with Crippen molar-refractivity contribution < 1.29 is 19.4 Å². The maximum Gasteiger partial charge on any atom is 0.413 e. The zero-order valence-electron chi connectivity index (χ0n) is 9.97. The highest BCUT2D eigenvalue weighted by atomic mass is 16.6. The van der Waals surface area contributed by atoms with Gasteiger partial charge in [-0.05, 0) is 18.1 Å². The van der Waals surface area contributed by atoms with Crippen molar-refractivity contribution in [3.8, 4) is 0 Å². The van der Waals surface area contributed by atoms with Crippen LogP contribution in [0.5, 0.6) is 0 Å². The maximum atomic E-state index is 11.4. The van der Waals surface area contributed by atoms with E-state index >= 15 is 0 Å². The first kappa shape index (κ1) is 15.0. The molecule has 0 aliphatic carbocycles. The molecule has 0 bridgehead atoms. The zero-order chi connectivity index (χ0) is 13.4. The minimum absolute atomic E-state index is 0.199. The molecular weight excluding hydrogens is 222 g/mol. The van der Waals surface area contributed by atoms with Crippen molar-refractivity contribution in [1.82, 2.24) is 5.32 Å². The fourth-order valence-corrected chi connectivity index (χ4v) is 1.04. The highest BCUT2D eigenvalue weighted by Gasteiger charge is 2.24. The third-order valence-corrected chi connectivity index (χ3v) is 1.90. The number of carboxylic acids is 1. The Labute approximate surface area is 100 Å². The first-order valence-electron chi connectivity index (χ1n) is 5.08. The lowest BCUT2D eigenvalue weighted by Crippen LogP contribution is -2.44. The summed E-state index contributed by atoms with van der Waals surface area (Å²) in [6.45, 7) is 10.3. The number of hydrogen-bond acceptors (Lipinski definition) is 3. The summed E-state index contributed by atoms with van der Waals surface area (Å²) in [5.74, 6) is -1.15. The van der Waals surface area contributed by atoms with Gasteiger partial charge in [0.15, 0.2) is 0 Å². The van der Waals surface area contributed by atoms with Gasteiger partial charge in [0.05, 0.1) is 0 Å². The lowest BCUT2D eigenvalue weighted by atomic mass is 10.1. The predicted octanol–water partition coefficient (Wildman–Crippen LogP) is 2.08. The second kappa shape index (κ2) is 7.27. The van der Waals surface area contributed by atoms with Gasteiger partial charge in [-0.1, -0.05) is 33.1 Å². The zero-order valence-corrected chi connectivity index (χ0v) is 9.97. The van der Waals surface area contributed by atoms with Crippen LogP contribution in [0.25, 0.3) is 0 Å². The third-order valence-electron chi connectivity index (χ3n) is 1.90. The van der Waals surface area contributed by atoms with Gasteiger partial charge in [0, 0.05) is 0 Å². The molecule has 0 radical (unpaired) electrons. The van der Waals surface area contributed by atoms with E-state index in [0.29, 0.717) is 0 Å². The number of allylic oxidation sites excluding steroid dienone is 3. The van der Waals surface area contributed by atoms with Crippen molar-refractivity contribution >= 4 is 12.1 Å². The van der Waals surface area contributed by atoms with Crippen LogP contribution in [0.2, 0.25) is 0 Å². The summed E-state index contributed by atoms with van der Waals surface area (Å²) in [5.41, 5.74) is 0. The molecule has 2 N–H and O–H groups in total. The molecular formula is C12H17NO4. The van der Waals surface area contributed by atoms with E-state index in [2.05, 4.69) is 18.5 Å². The molecule has 0 aromatic rings. The van der Waals surface area contributed by atoms with Gasteiger partial charge >= 0.3 is 12.1 Å². The predicted molar refractivity (Wildman–Crippen MR) is 64.4 cm³/mol. The molecule has 0 aromatic heterocycles. The number of amides is 1. The van der Waals surface area contributed by atoms with E-state index in [-0.39, 0.29) is 11.7 Å². The number of rotatable bonds is 6. The highest BCUT2D eigenvalue weighted by Crippen LogP contribution is 2.04. The molecule has 17 heavy (non-hydrogen) atoms. The molecule has 0 saturated heterocycles. The van der Waals surface area contributed by atoms with Crippen LogP contribution in [0, 0.1) is 5.92 Å². The summed E-state index contributed by atoms with van der Waals surface area (Å²) in [5, 5.41) is 11.1. The summed E-state index contributed by atoms with van der Waals surface area (Å²) in [7, 11) is 0. The molecule has 5 heteroatoms. The molecule has 0 spiro atoms. The molecule has 0 rings (SSSR count). The standard InChI is InChI=1S/C12H17NO4/c1-5-7-9(6-2)17-12(16)13-10(8(3)4)11(14)15/h5-8,10H,1-2H2,3-4H3,(H,13,16)(H,14,15)/b9-7+. The summed E-state index contributed by atoms with van der Waals surface area (Å²) >= 11 is 0. The first-order chi connectivity index (χ1) is 7.92. The van der Waals surface area contributed by atoms with E-state index in [0.717, 1.165) is 0 Å². The molecule has 1 amide bonds. The molecule has 0 aromatic carbocycles. The van der Waals surface area contributed by atoms with E-state index in [4.69, 9.17) is 9.84 Å². The molecule has 5 nitrogen and oxygen atoms in total. The molecule has 0 aliphatic heterocycles. The second-order valence-corrected chi connectivity index (χ2v) is 3.60. The average Bonchev–Trinajstić information content (AvgIpc) is 2.24. The lowest BCUT2D eigenvalue weighted by molar-refractivity contribution is -0.140. The Bertz CT molecular complexity index is 344. The van der Waals surface area contributed by atoms with Gasteiger partial charge in [0.25, 0.3) is 0 Å². The Morgan fingerprint density at radius 3 is 2.29 bits per heavy atom. The SMILES string of the molecule is C=C/C=C(\C=C)OC(=O)NC(C(=O)O)C(C)C. The number of ether oxygens (including phenoxy) is 1. The fraction of sp³-hybridized carbons (Fsp3) is 0.333. The van der Waals surface area contributed by atoms with Crippen LogP contribution in [0.4, 0.5) is 4.79 Å². The maximum absolute atomic E-state index is 11.4. The fourth-order valence-electron chi connectivity index (χ4n) is 1.04. The quantitative estimate of drug-likeness (QED) is 0.549. The van der Waals surface area contributed by atoms with Crippen LogP contribution in [0.3, 0.4) is 0 Å². The summed E-state index contributed by atoms with van der Waals surface area (Å²) in [6, 6.07) is -0.989. The topological polar surface area (TPSA) is 75.6 Å². The number of carboxylic acid groups (broad SMARTS) is 1. The Balaban J connectivity index is 4.53. The van der Waals surface area contributed by atoms with Gasteiger partial charge in [0.2, 0.25) is 0 Å². The average molecular weight is 239 g/mol. The van der Waals surface area contributed by atoms with E-state index in [1.807, 2.05) is 0 Å². The van der Waals surface area contributed by atoms with Crippen molar-refractivity contribution in [2.24, 2.45) is 5.92 Å². The number of carbonyl (C=O) groups excluding carboxylic acids is 1. The number of hydrogen-bond donors (Lipinski definition) is 2. The Morgan fingerprint density at radius 2 is 1.94 bits per heavy atom.